The summed E-state index contributed by atoms with van der Waals surface area (Å²) in [6.45, 7) is 0. The number of ketones is 1. The molecular weight excluding hydrogens is 286 g/mol. The number of halogens is 1. The van der Waals surface area contributed by atoms with Gasteiger partial charge in [0.15, 0.2) is 5.78 Å². The van der Waals surface area contributed by atoms with Crippen LogP contribution >= 0.6 is 15.9 Å². The van der Waals surface area contributed by atoms with Crippen LogP contribution in [0.3, 0.4) is 0 Å². The number of nitrogen functional groups attached to an aromatic ring is 1. The van der Waals surface area contributed by atoms with Gasteiger partial charge >= 0.3 is 5.69 Å². The molecule has 0 aliphatic heterocycles. The van der Waals surface area contributed by atoms with Gasteiger partial charge in [-0.25, -0.2) is 9.78 Å². The lowest BCUT2D eigenvalue weighted by atomic mass is 10.1. The van der Waals surface area contributed by atoms with Crippen molar-refractivity contribution in [2.24, 2.45) is 0 Å². The van der Waals surface area contributed by atoms with Gasteiger partial charge in [0.1, 0.15) is 5.82 Å². The van der Waals surface area contributed by atoms with E-state index in [4.69, 9.17) is 5.73 Å². The van der Waals surface area contributed by atoms with Crippen LogP contribution in [0.2, 0.25) is 0 Å². The number of anilines is 1. The molecule has 1 aromatic carbocycles. The maximum atomic E-state index is 12.0. The summed E-state index contributed by atoms with van der Waals surface area (Å²) < 4.78 is 0.876. The van der Waals surface area contributed by atoms with Crippen LogP contribution in [0.15, 0.2) is 39.7 Å². The number of aromatic nitrogens is 2. The summed E-state index contributed by atoms with van der Waals surface area (Å²) >= 11 is 3.28. The van der Waals surface area contributed by atoms with E-state index < -0.39 is 5.69 Å². The Labute approximate surface area is 105 Å². The van der Waals surface area contributed by atoms with E-state index in [-0.39, 0.29) is 17.2 Å². The first-order valence-corrected chi connectivity index (χ1v) is 5.52. The summed E-state index contributed by atoms with van der Waals surface area (Å²) in [5.74, 6) is -0.253. The number of carbonyl (C=O) groups is 1. The second-order valence-electron chi connectivity index (χ2n) is 3.35. The maximum absolute atomic E-state index is 12.0. The molecule has 0 unspecified atom stereocenters. The molecule has 17 heavy (non-hydrogen) atoms. The van der Waals surface area contributed by atoms with Crippen molar-refractivity contribution in [3.63, 3.8) is 0 Å². The largest absolute Gasteiger partial charge is 0.384 e. The van der Waals surface area contributed by atoms with E-state index in [2.05, 4.69) is 25.9 Å². The fourth-order valence-corrected chi connectivity index (χ4v) is 1.61. The van der Waals surface area contributed by atoms with Gasteiger partial charge in [-0.2, -0.15) is 0 Å². The molecule has 0 amide bonds. The molecule has 0 saturated carbocycles. The van der Waals surface area contributed by atoms with Gasteiger partial charge in [0.05, 0.1) is 5.56 Å². The highest BCUT2D eigenvalue weighted by Crippen LogP contribution is 2.15. The number of hydrogen-bond donors (Lipinski definition) is 2. The van der Waals surface area contributed by atoms with Crippen LogP contribution in [0.5, 0.6) is 0 Å². The third-order valence-electron chi connectivity index (χ3n) is 2.19. The zero-order valence-electron chi connectivity index (χ0n) is 8.61. The molecule has 0 saturated heterocycles. The number of nitrogens with one attached hydrogen (secondary N) is 1. The molecule has 0 fully saturated rings. The lowest BCUT2D eigenvalue weighted by Crippen LogP contribution is -2.17. The Kier molecular flexibility index (Phi) is 3.06. The van der Waals surface area contributed by atoms with Gasteiger partial charge in [0.25, 0.3) is 0 Å². The van der Waals surface area contributed by atoms with E-state index in [0.717, 1.165) is 4.47 Å². The molecule has 86 valence electrons. The smallest absolute Gasteiger partial charge is 0.346 e. The third-order valence-corrected chi connectivity index (χ3v) is 2.72. The molecule has 2 aromatic rings. The number of hydrogen-bond acceptors (Lipinski definition) is 4. The number of rotatable bonds is 2. The van der Waals surface area contributed by atoms with Gasteiger partial charge in [-0.05, 0) is 24.3 Å². The van der Waals surface area contributed by atoms with Crippen LogP contribution in [0, 0.1) is 0 Å². The van der Waals surface area contributed by atoms with Crippen molar-refractivity contribution in [3.05, 3.63) is 56.5 Å². The van der Waals surface area contributed by atoms with Crippen molar-refractivity contribution in [3.8, 4) is 0 Å². The summed E-state index contributed by atoms with van der Waals surface area (Å²) in [6.07, 6.45) is 1.18. The summed E-state index contributed by atoms with van der Waals surface area (Å²) in [5.41, 5.74) is 5.66. The molecule has 1 aromatic heterocycles. The van der Waals surface area contributed by atoms with Crippen molar-refractivity contribution in [2.45, 2.75) is 0 Å². The monoisotopic (exact) mass is 293 g/mol. The highest BCUT2D eigenvalue weighted by molar-refractivity contribution is 9.10. The Morgan fingerprint density at radius 1 is 1.29 bits per heavy atom. The van der Waals surface area contributed by atoms with Crippen LogP contribution in [-0.4, -0.2) is 15.8 Å². The summed E-state index contributed by atoms with van der Waals surface area (Å²) in [6, 6.07) is 6.83. The molecule has 3 N–H and O–H groups in total. The van der Waals surface area contributed by atoms with Gasteiger partial charge in [-0.15, -0.1) is 0 Å². The van der Waals surface area contributed by atoms with E-state index in [9.17, 15) is 9.59 Å². The summed E-state index contributed by atoms with van der Waals surface area (Å²) in [4.78, 5) is 28.7. The molecule has 0 aliphatic rings. The number of benzene rings is 1. The topological polar surface area (TPSA) is 88.8 Å². The van der Waals surface area contributed by atoms with E-state index >= 15 is 0 Å². The summed E-state index contributed by atoms with van der Waals surface area (Å²) in [7, 11) is 0. The van der Waals surface area contributed by atoms with Gasteiger partial charge in [0.2, 0.25) is 0 Å². The van der Waals surface area contributed by atoms with Crippen molar-refractivity contribution >= 4 is 27.5 Å². The van der Waals surface area contributed by atoms with Gasteiger partial charge < -0.3 is 5.73 Å². The SMILES string of the molecule is Nc1[nH]c(=O)ncc1C(=O)c1ccc(Br)cc1. The first-order valence-electron chi connectivity index (χ1n) is 4.73. The Balaban J connectivity index is 2.43. The van der Waals surface area contributed by atoms with Crippen LogP contribution in [-0.2, 0) is 0 Å². The quantitative estimate of drug-likeness (QED) is 0.818. The standard InChI is InChI=1S/C11H8BrN3O2/c12-7-3-1-6(2-4-7)9(16)8-5-14-11(17)15-10(8)13/h1-5H,(H3,13,14,15,17). The van der Waals surface area contributed by atoms with Crippen LogP contribution in [0.4, 0.5) is 5.82 Å². The Morgan fingerprint density at radius 3 is 2.53 bits per heavy atom. The molecule has 1 heterocycles. The molecule has 2 rings (SSSR count). The van der Waals surface area contributed by atoms with Crippen molar-refractivity contribution in [1.29, 1.82) is 0 Å². The second-order valence-corrected chi connectivity index (χ2v) is 4.27. The lowest BCUT2D eigenvalue weighted by molar-refractivity contribution is 0.103. The highest BCUT2D eigenvalue weighted by atomic mass is 79.9. The van der Waals surface area contributed by atoms with Crippen molar-refractivity contribution < 1.29 is 4.79 Å². The van der Waals surface area contributed by atoms with Crippen LogP contribution in [0.1, 0.15) is 15.9 Å². The second kappa shape index (κ2) is 4.50. The van der Waals surface area contributed by atoms with Crippen molar-refractivity contribution in [2.75, 3.05) is 5.73 Å². The van der Waals surface area contributed by atoms with Crippen LogP contribution in [0.25, 0.3) is 0 Å². The Bertz CT molecular complexity index is 619. The number of aromatic amines is 1. The minimum Gasteiger partial charge on any atom is -0.384 e. The van der Waals surface area contributed by atoms with Gasteiger partial charge in [-0.1, -0.05) is 15.9 Å². The molecule has 0 spiro atoms. The van der Waals surface area contributed by atoms with E-state index in [1.807, 2.05) is 0 Å². The molecule has 6 heteroatoms. The lowest BCUT2D eigenvalue weighted by Gasteiger charge is -2.03. The van der Waals surface area contributed by atoms with E-state index in [0.29, 0.717) is 5.56 Å². The first kappa shape index (κ1) is 11.5. The van der Waals surface area contributed by atoms with Crippen molar-refractivity contribution in [1.82, 2.24) is 9.97 Å². The molecule has 0 bridgehead atoms. The zero-order valence-corrected chi connectivity index (χ0v) is 10.2. The number of H-pyrrole nitrogens is 1. The Hall–Kier alpha value is -1.95. The highest BCUT2D eigenvalue weighted by Gasteiger charge is 2.13. The maximum Gasteiger partial charge on any atom is 0.346 e. The predicted octanol–water partition coefficient (Wildman–Crippen LogP) is 1.35. The number of carbonyl (C=O) groups excluding carboxylic acids is 1. The predicted molar refractivity (Wildman–Crippen MR) is 66.8 cm³/mol. The Morgan fingerprint density at radius 2 is 1.94 bits per heavy atom. The normalized spacial score (nSPS) is 10.2. The number of nitrogens with two attached hydrogens (primary N) is 1. The fourth-order valence-electron chi connectivity index (χ4n) is 1.35. The number of nitrogens with zero attached hydrogens (tertiary/aromatic N) is 1. The average Bonchev–Trinajstić information content (AvgIpc) is 2.29. The average molecular weight is 294 g/mol. The summed E-state index contributed by atoms with van der Waals surface area (Å²) in [5, 5.41) is 0. The molecule has 0 aliphatic carbocycles. The third kappa shape index (κ3) is 2.42. The van der Waals surface area contributed by atoms with Gasteiger partial charge in [-0.3, -0.25) is 9.78 Å². The van der Waals surface area contributed by atoms with E-state index in [1.54, 1.807) is 24.3 Å². The molecule has 0 atom stereocenters. The molecular formula is C11H8BrN3O2. The van der Waals surface area contributed by atoms with E-state index in [1.165, 1.54) is 6.20 Å². The minimum atomic E-state index is -0.574. The van der Waals surface area contributed by atoms with Crippen LogP contribution < -0.4 is 11.4 Å². The minimum absolute atomic E-state index is 0.0259. The first-order chi connectivity index (χ1) is 8.08. The molecule has 5 nitrogen and oxygen atoms in total. The van der Waals surface area contributed by atoms with Gasteiger partial charge in [0, 0.05) is 16.2 Å². The molecule has 0 radical (unpaired) electrons. The fraction of sp³-hybridized carbons (Fsp3) is 0. The zero-order chi connectivity index (χ0) is 12.4.